The zero-order valence-electron chi connectivity index (χ0n) is 10.5. The first-order valence-electron chi connectivity index (χ1n) is 5.72. The normalized spacial score (nSPS) is 18.9. The Balaban J connectivity index is 2.02. The van der Waals surface area contributed by atoms with Crippen molar-refractivity contribution in [3.8, 4) is 11.5 Å². The van der Waals surface area contributed by atoms with Gasteiger partial charge in [-0.15, -0.1) is 0 Å². The summed E-state index contributed by atoms with van der Waals surface area (Å²) in [6.07, 6.45) is 1.97. The van der Waals surface area contributed by atoms with Gasteiger partial charge in [0.15, 0.2) is 0 Å². The predicted octanol–water partition coefficient (Wildman–Crippen LogP) is 0.795. The van der Waals surface area contributed by atoms with Gasteiger partial charge >= 0.3 is 0 Å². The van der Waals surface area contributed by atoms with E-state index >= 15 is 0 Å². The molecule has 0 fully saturated rings. The molecule has 2 rings (SSSR count). The van der Waals surface area contributed by atoms with Crippen molar-refractivity contribution in [2.75, 3.05) is 26.5 Å². The highest BCUT2D eigenvalue weighted by Crippen LogP contribution is 2.30. The lowest BCUT2D eigenvalue weighted by Gasteiger charge is -2.25. The van der Waals surface area contributed by atoms with E-state index in [1.807, 2.05) is 18.2 Å². The number of sulfonamides is 1. The molecule has 100 valence electrons. The summed E-state index contributed by atoms with van der Waals surface area (Å²) in [7, 11) is -1.52. The Hall–Kier alpha value is -1.27. The van der Waals surface area contributed by atoms with Crippen molar-refractivity contribution in [3.05, 3.63) is 23.8 Å². The number of benzene rings is 1. The summed E-state index contributed by atoms with van der Waals surface area (Å²) in [5, 5.41) is 0. The molecule has 5 nitrogen and oxygen atoms in total. The van der Waals surface area contributed by atoms with Crippen molar-refractivity contribution in [1.82, 2.24) is 4.72 Å². The van der Waals surface area contributed by atoms with Crippen LogP contribution < -0.4 is 14.2 Å². The number of hydrogen-bond donors (Lipinski definition) is 1. The van der Waals surface area contributed by atoms with Gasteiger partial charge in [-0.05, 0) is 18.1 Å². The molecule has 0 unspecified atom stereocenters. The van der Waals surface area contributed by atoms with E-state index < -0.39 is 10.0 Å². The van der Waals surface area contributed by atoms with E-state index in [0.717, 1.165) is 29.7 Å². The van der Waals surface area contributed by atoms with Gasteiger partial charge in [0.25, 0.3) is 0 Å². The number of ether oxygens (including phenoxy) is 2. The second-order valence-corrected chi connectivity index (χ2v) is 6.31. The van der Waals surface area contributed by atoms with Crippen LogP contribution in [0.15, 0.2) is 18.2 Å². The van der Waals surface area contributed by atoms with Crippen LogP contribution in [0.3, 0.4) is 0 Å². The molecule has 1 aromatic carbocycles. The van der Waals surface area contributed by atoms with Gasteiger partial charge in [-0.2, -0.15) is 0 Å². The van der Waals surface area contributed by atoms with Crippen molar-refractivity contribution < 1.29 is 17.9 Å². The fraction of sp³-hybridized carbons (Fsp3) is 0.500. The first kappa shape index (κ1) is 13.2. The van der Waals surface area contributed by atoms with Gasteiger partial charge in [0.2, 0.25) is 10.0 Å². The second-order valence-electron chi connectivity index (χ2n) is 4.48. The summed E-state index contributed by atoms with van der Waals surface area (Å²) in [6, 6.07) is 5.70. The fourth-order valence-corrected chi connectivity index (χ4v) is 2.48. The standard InChI is InChI=1S/C12H17NO4S/c1-16-11-4-3-10-5-9(7-13-18(2,14)15)8-17-12(10)6-11/h3-4,6,9,13H,5,7-8H2,1-2H3/t9-/m1/s1. The van der Waals surface area contributed by atoms with Crippen LogP contribution in [0.2, 0.25) is 0 Å². The minimum absolute atomic E-state index is 0.167. The molecule has 0 saturated heterocycles. The first-order chi connectivity index (χ1) is 8.48. The van der Waals surface area contributed by atoms with E-state index in [4.69, 9.17) is 9.47 Å². The molecule has 1 aromatic rings. The van der Waals surface area contributed by atoms with E-state index in [0.29, 0.717) is 13.2 Å². The van der Waals surface area contributed by atoms with E-state index in [1.54, 1.807) is 7.11 Å². The minimum atomic E-state index is -3.14. The lowest BCUT2D eigenvalue weighted by atomic mass is 9.97. The number of fused-ring (bicyclic) bond motifs is 1. The molecule has 1 atom stereocenters. The number of methoxy groups -OCH3 is 1. The van der Waals surface area contributed by atoms with Gasteiger partial charge < -0.3 is 9.47 Å². The topological polar surface area (TPSA) is 64.6 Å². The zero-order chi connectivity index (χ0) is 13.2. The highest BCUT2D eigenvalue weighted by molar-refractivity contribution is 7.88. The van der Waals surface area contributed by atoms with Gasteiger partial charge in [-0.1, -0.05) is 6.07 Å². The smallest absolute Gasteiger partial charge is 0.208 e. The SMILES string of the molecule is COc1ccc2c(c1)OC[C@@H](CNS(C)(=O)=O)C2. The van der Waals surface area contributed by atoms with Gasteiger partial charge in [0.05, 0.1) is 20.0 Å². The minimum Gasteiger partial charge on any atom is -0.497 e. The molecule has 0 spiro atoms. The molecule has 0 aliphatic carbocycles. The van der Waals surface area contributed by atoms with Crippen LogP contribution in [0.5, 0.6) is 11.5 Å². The van der Waals surface area contributed by atoms with Crippen molar-refractivity contribution >= 4 is 10.0 Å². The molecule has 1 heterocycles. The molecule has 6 heteroatoms. The third-order valence-electron chi connectivity index (χ3n) is 2.89. The zero-order valence-corrected chi connectivity index (χ0v) is 11.3. The molecule has 0 bridgehead atoms. The van der Waals surface area contributed by atoms with Crippen molar-refractivity contribution in [1.29, 1.82) is 0 Å². The average molecular weight is 271 g/mol. The molecule has 1 N–H and O–H groups in total. The Morgan fingerprint density at radius 1 is 1.50 bits per heavy atom. The summed E-state index contributed by atoms with van der Waals surface area (Å²) in [4.78, 5) is 0. The number of hydrogen-bond acceptors (Lipinski definition) is 4. The summed E-state index contributed by atoms with van der Waals surface area (Å²) in [6.45, 7) is 0.924. The van der Waals surface area contributed by atoms with Gasteiger partial charge in [0.1, 0.15) is 11.5 Å². The highest BCUT2D eigenvalue weighted by atomic mass is 32.2. The molecule has 0 amide bonds. The predicted molar refractivity (Wildman–Crippen MR) is 68.5 cm³/mol. The Kier molecular flexibility index (Phi) is 3.77. The van der Waals surface area contributed by atoms with Crippen LogP contribution in [-0.4, -0.2) is 34.9 Å². The van der Waals surface area contributed by atoms with Crippen molar-refractivity contribution in [2.24, 2.45) is 5.92 Å². The Morgan fingerprint density at radius 2 is 2.28 bits per heavy atom. The molecule has 1 aliphatic rings. The second kappa shape index (κ2) is 5.16. The molecule has 0 aromatic heterocycles. The van der Waals surface area contributed by atoms with Crippen LogP contribution in [0.4, 0.5) is 0 Å². The highest BCUT2D eigenvalue weighted by Gasteiger charge is 2.21. The van der Waals surface area contributed by atoms with Crippen LogP contribution in [0, 0.1) is 5.92 Å². The van der Waals surface area contributed by atoms with Crippen LogP contribution in [0.1, 0.15) is 5.56 Å². The van der Waals surface area contributed by atoms with E-state index in [2.05, 4.69) is 4.72 Å². The van der Waals surface area contributed by atoms with E-state index in [1.165, 1.54) is 0 Å². The first-order valence-corrected chi connectivity index (χ1v) is 7.61. The lowest BCUT2D eigenvalue weighted by molar-refractivity contribution is 0.222. The van der Waals surface area contributed by atoms with Crippen LogP contribution in [-0.2, 0) is 16.4 Å². The third kappa shape index (κ3) is 3.36. The van der Waals surface area contributed by atoms with Gasteiger partial charge in [-0.3, -0.25) is 0 Å². The van der Waals surface area contributed by atoms with Crippen molar-refractivity contribution in [2.45, 2.75) is 6.42 Å². The largest absolute Gasteiger partial charge is 0.497 e. The average Bonchev–Trinajstić information content (AvgIpc) is 2.34. The molecule has 18 heavy (non-hydrogen) atoms. The Bertz CT molecular complexity index is 527. The maximum Gasteiger partial charge on any atom is 0.208 e. The van der Waals surface area contributed by atoms with Crippen LogP contribution >= 0.6 is 0 Å². The van der Waals surface area contributed by atoms with E-state index in [-0.39, 0.29) is 5.92 Å². The summed E-state index contributed by atoms with van der Waals surface area (Å²) in [5.41, 5.74) is 1.09. The molecule has 1 aliphatic heterocycles. The Labute approximate surface area is 107 Å². The summed E-state index contributed by atoms with van der Waals surface area (Å²) in [5.74, 6) is 1.76. The van der Waals surface area contributed by atoms with Crippen molar-refractivity contribution in [3.63, 3.8) is 0 Å². The number of nitrogens with one attached hydrogen (secondary N) is 1. The fourth-order valence-electron chi connectivity index (χ4n) is 1.94. The summed E-state index contributed by atoms with van der Waals surface area (Å²) >= 11 is 0. The Morgan fingerprint density at radius 3 is 2.94 bits per heavy atom. The monoisotopic (exact) mass is 271 g/mol. The summed E-state index contributed by atoms with van der Waals surface area (Å²) < 4.78 is 35.3. The maximum absolute atomic E-state index is 11.0. The quantitative estimate of drug-likeness (QED) is 0.879. The molecular formula is C12H17NO4S. The van der Waals surface area contributed by atoms with Crippen LogP contribution in [0.25, 0.3) is 0 Å². The third-order valence-corrected chi connectivity index (χ3v) is 3.58. The number of rotatable bonds is 4. The van der Waals surface area contributed by atoms with Gasteiger partial charge in [0, 0.05) is 18.5 Å². The lowest BCUT2D eigenvalue weighted by Crippen LogP contribution is -2.34. The molecule has 0 radical (unpaired) electrons. The maximum atomic E-state index is 11.0. The molecule has 0 saturated carbocycles. The van der Waals surface area contributed by atoms with Gasteiger partial charge in [-0.25, -0.2) is 13.1 Å². The van der Waals surface area contributed by atoms with E-state index in [9.17, 15) is 8.42 Å². The molecular weight excluding hydrogens is 254 g/mol.